The lowest BCUT2D eigenvalue weighted by Gasteiger charge is -1.79. The first kappa shape index (κ1) is 9.96. The monoisotopic (exact) mass is 148 g/mol. The first-order chi connectivity index (χ1) is 5.41. The molecule has 0 fully saturated rings. The molecule has 0 aliphatic heterocycles. The van der Waals surface area contributed by atoms with Crippen LogP contribution in [0.4, 0.5) is 0 Å². The molecule has 0 saturated heterocycles. The highest BCUT2D eigenvalue weighted by atomic mass is 13.7. The second-order valence-electron chi connectivity index (χ2n) is 2.22. The maximum Gasteiger partial charge on any atom is -0.0350 e. The van der Waals surface area contributed by atoms with E-state index in [-0.39, 0.29) is 0 Å². The molecule has 0 nitrogen and oxygen atoms in total. The summed E-state index contributed by atoms with van der Waals surface area (Å²) in [4.78, 5) is 0. The molecule has 0 aromatic carbocycles. The van der Waals surface area contributed by atoms with Gasteiger partial charge in [0.15, 0.2) is 0 Å². The molecule has 60 valence electrons. The van der Waals surface area contributed by atoms with Crippen molar-refractivity contribution in [1.29, 1.82) is 0 Å². The minimum absolute atomic E-state index is 1.16. The number of allylic oxidation sites excluding steroid dienone is 7. The molecule has 0 N–H and O–H groups in total. The Balaban J connectivity index is 3.42. The molecule has 0 aromatic rings. The molecule has 0 radical (unpaired) electrons. The SMILES string of the molecule is C=C\C=C/C=C/C=C/CCC. The standard InChI is InChI=1S/C11H16/c1-3-5-7-9-11-10-8-6-4-2/h3,5,7-11H,1,4,6H2,2H3/b7-5-,10-8+,11-9+. The van der Waals surface area contributed by atoms with Gasteiger partial charge >= 0.3 is 0 Å². The van der Waals surface area contributed by atoms with Crippen molar-refractivity contribution in [1.82, 2.24) is 0 Å². The molecule has 0 rings (SSSR count). The highest BCUT2D eigenvalue weighted by Gasteiger charge is 1.68. The van der Waals surface area contributed by atoms with Crippen molar-refractivity contribution in [3.8, 4) is 0 Å². The third kappa shape index (κ3) is 8.96. The fourth-order valence-electron chi connectivity index (χ4n) is 0.612. The van der Waals surface area contributed by atoms with Crippen molar-refractivity contribution in [2.75, 3.05) is 0 Å². The Morgan fingerprint density at radius 3 is 2.27 bits per heavy atom. The zero-order chi connectivity index (χ0) is 8.36. The third-order valence-corrected chi connectivity index (χ3v) is 1.17. The Labute approximate surface area is 69.6 Å². The number of rotatable bonds is 5. The molecule has 0 atom stereocenters. The molecule has 0 spiro atoms. The maximum absolute atomic E-state index is 3.57. The Hall–Kier alpha value is -1.04. The van der Waals surface area contributed by atoms with E-state index in [1.807, 2.05) is 24.3 Å². The summed E-state index contributed by atoms with van der Waals surface area (Å²) in [5.74, 6) is 0. The molecule has 0 bridgehead atoms. The van der Waals surface area contributed by atoms with E-state index in [1.165, 1.54) is 6.42 Å². The van der Waals surface area contributed by atoms with E-state index in [1.54, 1.807) is 6.08 Å². The minimum Gasteiger partial charge on any atom is -0.0991 e. The predicted octanol–water partition coefficient (Wildman–Crippen LogP) is 3.64. The lowest BCUT2D eigenvalue weighted by Crippen LogP contribution is -1.58. The van der Waals surface area contributed by atoms with Gasteiger partial charge in [-0.1, -0.05) is 62.5 Å². The van der Waals surface area contributed by atoms with Crippen LogP contribution in [0.3, 0.4) is 0 Å². The number of hydrogen-bond donors (Lipinski definition) is 0. The molecule has 11 heavy (non-hydrogen) atoms. The zero-order valence-corrected chi connectivity index (χ0v) is 7.16. The van der Waals surface area contributed by atoms with E-state index < -0.39 is 0 Å². The van der Waals surface area contributed by atoms with Gasteiger partial charge in [-0.25, -0.2) is 0 Å². The van der Waals surface area contributed by atoms with Crippen LogP contribution < -0.4 is 0 Å². The Morgan fingerprint density at radius 2 is 1.64 bits per heavy atom. The van der Waals surface area contributed by atoms with Gasteiger partial charge in [-0.3, -0.25) is 0 Å². The van der Waals surface area contributed by atoms with Gasteiger partial charge in [-0.15, -0.1) is 0 Å². The second-order valence-corrected chi connectivity index (χ2v) is 2.22. The van der Waals surface area contributed by atoms with Gasteiger partial charge in [-0.2, -0.15) is 0 Å². The molecule has 0 unspecified atom stereocenters. The van der Waals surface area contributed by atoms with Crippen LogP contribution in [0, 0.1) is 0 Å². The van der Waals surface area contributed by atoms with Gasteiger partial charge in [0, 0.05) is 0 Å². The van der Waals surface area contributed by atoms with Crippen LogP contribution in [-0.4, -0.2) is 0 Å². The number of unbranched alkanes of at least 4 members (excludes halogenated alkanes) is 1. The highest BCUT2D eigenvalue weighted by molar-refractivity contribution is 5.14. The van der Waals surface area contributed by atoms with Gasteiger partial charge in [0.1, 0.15) is 0 Å². The molecule has 0 heteroatoms. The molecular weight excluding hydrogens is 132 g/mol. The number of hydrogen-bond acceptors (Lipinski definition) is 0. The highest BCUT2D eigenvalue weighted by Crippen LogP contribution is 1.88. The molecule has 0 aromatic heterocycles. The van der Waals surface area contributed by atoms with Gasteiger partial charge in [0.2, 0.25) is 0 Å². The molecule has 0 heterocycles. The van der Waals surface area contributed by atoms with Crippen molar-refractivity contribution in [3.63, 3.8) is 0 Å². The fourth-order valence-corrected chi connectivity index (χ4v) is 0.612. The largest absolute Gasteiger partial charge is 0.0991 e. The van der Waals surface area contributed by atoms with Crippen molar-refractivity contribution >= 4 is 0 Å². The van der Waals surface area contributed by atoms with Crippen LogP contribution in [0.5, 0.6) is 0 Å². The van der Waals surface area contributed by atoms with Crippen molar-refractivity contribution in [2.24, 2.45) is 0 Å². The van der Waals surface area contributed by atoms with E-state index in [0.717, 1.165) is 6.42 Å². The zero-order valence-electron chi connectivity index (χ0n) is 7.16. The summed E-state index contributed by atoms with van der Waals surface area (Å²) >= 11 is 0. The summed E-state index contributed by atoms with van der Waals surface area (Å²) in [6.45, 7) is 5.74. The first-order valence-electron chi connectivity index (χ1n) is 4.02. The van der Waals surface area contributed by atoms with Gasteiger partial charge < -0.3 is 0 Å². The third-order valence-electron chi connectivity index (χ3n) is 1.17. The van der Waals surface area contributed by atoms with Crippen molar-refractivity contribution in [3.05, 3.63) is 49.1 Å². The smallest absolute Gasteiger partial charge is 0.0350 e. The van der Waals surface area contributed by atoms with Crippen LogP contribution in [0.25, 0.3) is 0 Å². The average molecular weight is 148 g/mol. The van der Waals surface area contributed by atoms with E-state index in [2.05, 4.69) is 25.7 Å². The summed E-state index contributed by atoms with van der Waals surface area (Å²) in [6.07, 6.45) is 16.3. The summed E-state index contributed by atoms with van der Waals surface area (Å²) < 4.78 is 0. The second kappa shape index (κ2) is 8.96. The van der Waals surface area contributed by atoms with Gasteiger partial charge in [0.25, 0.3) is 0 Å². The van der Waals surface area contributed by atoms with Crippen LogP contribution in [0.2, 0.25) is 0 Å². The molecule has 0 aliphatic rings. The maximum atomic E-state index is 3.57. The molecule has 0 aliphatic carbocycles. The lowest BCUT2D eigenvalue weighted by atomic mass is 10.3. The lowest BCUT2D eigenvalue weighted by molar-refractivity contribution is 0.959. The van der Waals surface area contributed by atoms with Crippen LogP contribution in [0.1, 0.15) is 19.8 Å². The summed E-state index contributed by atoms with van der Waals surface area (Å²) in [6, 6.07) is 0. The molecular formula is C11H16. The quantitative estimate of drug-likeness (QED) is 0.522. The first-order valence-corrected chi connectivity index (χ1v) is 4.02. The van der Waals surface area contributed by atoms with E-state index >= 15 is 0 Å². The average Bonchev–Trinajstić information content (AvgIpc) is 2.03. The van der Waals surface area contributed by atoms with Crippen LogP contribution >= 0.6 is 0 Å². The van der Waals surface area contributed by atoms with Crippen LogP contribution in [-0.2, 0) is 0 Å². The Kier molecular flexibility index (Phi) is 8.11. The van der Waals surface area contributed by atoms with E-state index in [0.29, 0.717) is 0 Å². The van der Waals surface area contributed by atoms with Gasteiger partial charge in [-0.05, 0) is 6.42 Å². The predicted molar refractivity (Wildman–Crippen MR) is 52.5 cm³/mol. The van der Waals surface area contributed by atoms with Crippen molar-refractivity contribution in [2.45, 2.75) is 19.8 Å². The van der Waals surface area contributed by atoms with E-state index in [9.17, 15) is 0 Å². The Bertz CT molecular complexity index is 159. The van der Waals surface area contributed by atoms with E-state index in [4.69, 9.17) is 0 Å². The fraction of sp³-hybridized carbons (Fsp3) is 0.273. The Morgan fingerprint density at radius 1 is 1.00 bits per heavy atom. The minimum atomic E-state index is 1.16. The normalized spacial score (nSPS) is 12.1. The summed E-state index contributed by atoms with van der Waals surface area (Å²) in [5, 5.41) is 0. The summed E-state index contributed by atoms with van der Waals surface area (Å²) in [7, 11) is 0. The topological polar surface area (TPSA) is 0 Å². The van der Waals surface area contributed by atoms with Crippen molar-refractivity contribution < 1.29 is 0 Å². The molecule has 0 amide bonds. The van der Waals surface area contributed by atoms with Crippen LogP contribution in [0.15, 0.2) is 49.1 Å². The van der Waals surface area contributed by atoms with Gasteiger partial charge in [0.05, 0.1) is 0 Å². The molecule has 0 saturated carbocycles. The summed E-state index contributed by atoms with van der Waals surface area (Å²) in [5.41, 5.74) is 0.